The van der Waals surface area contributed by atoms with E-state index in [1.807, 2.05) is 0 Å². The number of hydrogen-bond donors (Lipinski definition) is 2. The second-order valence-electron chi connectivity index (χ2n) is 3.77. The van der Waals surface area contributed by atoms with Gasteiger partial charge in [-0.15, -0.1) is 0 Å². The van der Waals surface area contributed by atoms with Gasteiger partial charge >= 0.3 is 11.9 Å². The Bertz CT molecular complexity index is 506. The maximum absolute atomic E-state index is 11.9. The van der Waals surface area contributed by atoms with E-state index in [0.717, 1.165) is 0 Å². The van der Waals surface area contributed by atoms with Crippen LogP contribution in [0.5, 0.6) is 5.75 Å². The summed E-state index contributed by atoms with van der Waals surface area (Å²) in [6, 6.07) is 3.94. The number of aromatic carboxylic acids is 1. The van der Waals surface area contributed by atoms with Gasteiger partial charge in [0.05, 0.1) is 24.2 Å². The van der Waals surface area contributed by atoms with Crippen LogP contribution in [-0.4, -0.2) is 34.5 Å². The molecule has 0 saturated carbocycles. The van der Waals surface area contributed by atoms with Crippen LogP contribution < -0.4 is 4.74 Å². The van der Waals surface area contributed by atoms with E-state index in [9.17, 15) is 14.4 Å². The monoisotopic (exact) mass is 266 g/mol. The standard InChI is InChI=1S/C13H14O6/c1-2-19-11-5-3-8(13(17)18)7-9(11)10(14)4-6-12(15)16/h3,5,7H,2,4,6H2,1H3,(H,15,16)(H,17,18). The van der Waals surface area contributed by atoms with E-state index in [1.54, 1.807) is 6.92 Å². The lowest BCUT2D eigenvalue weighted by atomic mass is 10.0. The van der Waals surface area contributed by atoms with E-state index in [0.29, 0.717) is 6.61 Å². The number of Topliss-reactive ketones (excluding diaryl/α,β-unsaturated/α-hetero) is 1. The lowest BCUT2D eigenvalue weighted by Gasteiger charge is -2.09. The number of aliphatic carboxylic acids is 1. The van der Waals surface area contributed by atoms with E-state index in [2.05, 4.69) is 0 Å². The molecule has 1 aromatic carbocycles. The first-order chi connectivity index (χ1) is 8.95. The van der Waals surface area contributed by atoms with Crippen LogP contribution in [0.2, 0.25) is 0 Å². The number of carboxylic acids is 2. The van der Waals surface area contributed by atoms with Crippen LogP contribution in [0, 0.1) is 0 Å². The quantitative estimate of drug-likeness (QED) is 0.730. The van der Waals surface area contributed by atoms with E-state index in [4.69, 9.17) is 14.9 Å². The minimum Gasteiger partial charge on any atom is -0.493 e. The molecule has 0 heterocycles. The Kier molecular flexibility index (Phi) is 5.05. The molecule has 0 aliphatic heterocycles. The van der Waals surface area contributed by atoms with Crippen molar-refractivity contribution in [1.82, 2.24) is 0 Å². The molecular weight excluding hydrogens is 252 g/mol. The van der Waals surface area contributed by atoms with Gasteiger partial charge in [-0.2, -0.15) is 0 Å². The third-order valence-electron chi connectivity index (χ3n) is 2.39. The molecule has 0 atom stereocenters. The molecule has 0 amide bonds. The molecule has 0 aliphatic rings. The molecule has 0 aromatic heterocycles. The lowest BCUT2D eigenvalue weighted by Crippen LogP contribution is -2.08. The molecule has 0 unspecified atom stereocenters. The van der Waals surface area contributed by atoms with Crippen molar-refractivity contribution < 1.29 is 29.3 Å². The van der Waals surface area contributed by atoms with Crippen molar-refractivity contribution in [3.8, 4) is 5.75 Å². The number of benzene rings is 1. The van der Waals surface area contributed by atoms with Gasteiger partial charge in [0.25, 0.3) is 0 Å². The molecule has 0 bridgehead atoms. The van der Waals surface area contributed by atoms with Crippen molar-refractivity contribution in [1.29, 1.82) is 0 Å². The zero-order valence-electron chi connectivity index (χ0n) is 10.4. The molecule has 6 heteroatoms. The smallest absolute Gasteiger partial charge is 0.335 e. The van der Waals surface area contributed by atoms with Gasteiger partial charge in [-0.3, -0.25) is 9.59 Å². The fourth-order valence-corrected chi connectivity index (χ4v) is 1.52. The summed E-state index contributed by atoms with van der Waals surface area (Å²) in [6.45, 7) is 2.06. The molecule has 19 heavy (non-hydrogen) atoms. The number of ketones is 1. The van der Waals surface area contributed by atoms with Crippen molar-refractivity contribution in [2.75, 3.05) is 6.61 Å². The van der Waals surface area contributed by atoms with Gasteiger partial charge in [0.2, 0.25) is 0 Å². The van der Waals surface area contributed by atoms with Crippen LogP contribution in [0.4, 0.5) is 0 Å². The van der Waals surface area contributed by atoms with E-state index >= 15 is 0 Å². The van der Waals surface area contributed by atoms with Crippen molar-refractivity contribution in [2.24, 2.45) is 0 Å². The van der Waals surface area contributed by atoms with Crippen molar-refractivity contribution in [3.05, 3.63) is 29.3 Å². The number of ether oxygens (including phenoxy) is 1. The molecule has 0 fully saturated rings. The normalized spacial score (nSPS) is 9.95. The average Bonchev–Trinajstić information content (AvgIpc) is 2.36. The van der Waals surface area contributed by atoms with Crippen LogP contribution in [0.3, 0.4) is 0 Å². The molecule has 0 radical (unpaired) electrons. The molecule has 1 rings (SSSR count). The Balaban J connectivity index is 3.05. The zero-order chi connectivity index (χ0) is 14.4. The van der Waals surface area contributed by atoms with Gasteiger partial charge in [0.15, 0.2) is 5.78 Å². The molecule has 102 valence electrons. The summed E-state index contributed by atoms with van der Waals surface area (Å²) in [5.41, 5.74) is 0.0603. The second kappa shape index (κ2) is 6.53. The van der Waals surface area contributed by atoms with Gasteiger partial charge in [-0.05, 0) is 25.1 Å². The van der Waals surface area contributed by atoms with Crippen LogP contribution in [-0.2, 0) is 4.79 Å². The van der Waals surface area contributed by atoms with Crippen molar-refractivity contribution in [3.63, 3.8) is 0 Å². The number of rotatable bonds is 7. The summed E-state index contributed by atoms with van der Waals surface area (Å²) < 4.78 is 5.24. The van der Waals surface area contributed by atoms with Crippen molar-refractivity contribution >= 4 is 17.7 Å². The predicted molar refractivity (Wildman–Crippen MR) is 65.8 cm³/mol. The molecule has 0 spiro atoms. The van der Waals surface area contributed by atoms with Crippen LogP contribution >= 0.6 is 0 Å². The van der Waals surface area contributed by atoms with Crippen LogP contribution in [0.1, 0.15) is 40.5 Å². The fraction of sp³-hybridized carbons (Fsp3) is 0.308. The van der Waals surface area contributed by atoms with Crippen LogP contribution in [0.25, 0.3) is 0 Å². The lowest BCUT2D eigenvalue weighted by molar-refractivity contribution is -0.136. The Labute approximate surface area is 109 Å². The minimum atomic E-state index is -1.16. The maximum atomic E-state index is 11.9. The summed E-state index contributed by atoms with van der Waals surface area (Å²) in [5, 5.41) is 17.4. The Hall–Kier alpha value is -2.37. The van der Waals surface area contributed by atoms with Gasteiger partial charge in [0, 0.05) is 6.42 Å². The minimum absolute atomic E-state index is 0.0397. The fourth-order valence-electron chi connectivity index (χ4n) is 1.52. The molecule has 0 aliphatic carbocycles. The Morgan fingerprint density at radius 1 is 1.16 bits per heavy atom. The average molecular weight is 266 g/mol. The summed E-state index contributed by atoms with van der Waals surface area (Å²) in [7, 11) is 0. The summed E-state index contributed by atoms with van der Waals surface area (Å²) in [5.74, 6) is -2.42. The third kappa shape index (κ3) is 4.09. The predicted octanol–water partition coefficient (Wildman–Crippen LogP) is 1.83. The topological polar surface area (TPSA) is 101 Å². The molecular formula is C13H14O6. The van der Waals surface area contributed by atoms with E-state index < -0.39 is 17.7 Å². The molecule has 6 nitrogen and oxygen atoms in total. The van der Waals surface area contributed by atoms with E-state index in [-0.39, 0.29) is 29.7 Å². The SMILES string of the molecule is CCOc1ccc(C(=O)O)cc1C(=O)CCC(=O)O. The largest absolute Gasteiger partial charge is 0.493 e. The van der Waals surface area contributed by atoms with Gasteiger partial charge < -0.3 is 14.9 Å². The van der Waals surface area contributed by atoms with Gasteiger partial charge in [0.1, 0.15) is 5.75 Å². The van der Waals surface area contributed by atoms with Gasteiger partial charge in [-0.1, -0.05) is 0 Å². The third-order valence-corrected chi connectivity index (χ3v) is 2.39. The summed E-state index contributed by atoms with van der Waals surface area (Å²) in [4.78, 5) is 33.2. The molecule has 1 aromatic rings. The highest BCUT2D eigenvalue weighted by atomic mass is 16.5. The Morgan fingerprint density at radius 2 is 1.84 bits per heavy atom. The highest BCUT2D eigenvalue weighted by molar-refractivity contribution is 6.02. The maximum Gasteiger partial charge on any atom is 0.335 e. The highest BCUT2D eigenvalue weighted by Gasteiger charge is 2.16. The zero-order valence-corrected chi connectivity index (χ0v) is 10.4. The molecule has 2 N–H and O–H groups in total. The van der Waals surface area contributed by atoms with E-state index in [1.165, 1.54) is 18.2 Å². The number of carbonyl (C=O) groups excluding carboxylic acids is 1. The Morgan fingerprint density at radius 3 is 2.37 bits per heavy atom. The van der Waals surface area contributed by atoms with Gasteiger partial charge in [-0.25, -0.2) is 4.79 Å². The summed E-state index contributed by atoms with van der Waals surface area (Å²) >= 11 is 0. The first-order valence-electron chi connectivity index (χ1n) is 5.70. The number of carbonyl (C=O) groups is 3. The van der Waals surface area contributed by atoms with Crippen LogP contribution in [0.15, 0.2) is 18.2 Å². The first-order valence-corrected chi connectivity index (χ1v) is 5.70. The number of hydrogen-bond acceptors (Lipinski definition) is 4. The number of carboxylic acid groups (broad SMARTS) is 2. The second-order valence-corrected chi connectivity index (χ2v) is 3.77. The highest BCUT2D eigenvalue weighted by Crippen LogP contribution is 2.22. The summed E-state index contributed by atoms with van der Waals surface area (Å²) in [6.07, 6.45) is -0.500. The first kappa shape index (κ1) is 14.7. The molecule has 0 saturated heterocycles. The van der Waals surface area contributed by atoms with Crippen molar-refractivity contribution in [2.45, 2.75) is 19.8 Å².